The Balaban J connectivity index is 0.00000484. The molecule has 0 saturated carbocycles. The highest BCUT2D eigenvalue weighted by Crippen LogP contribution is 2.27. The maximum absolute atomic E-state index is 12.4. The molecule has 1 heterocycles. The maximum Gasteiger partial charge on any atom is 0.433 e. The van der Waals surface area contributed by atoms with Crippen molar-refractivity contribution < 1.29 is 22.8 Å². The third kappa shape index (κ3) is 8.16. The van der Waals surface area contributed by atoms with E-state index in [1.165, 1.54) is 0 Å². The minimum Gasteiger partial charge on any atom is -0.353 e. The average Bonchev–Trinajstić information content (AvgIpc) is 2.48. The summed E-state index contributed by atoms with van der Waals surface area (Å²) in [6, 6.07) is 0.757. The first-order valence-corrected chi connectivity index (χ1v) is 6.20. The molecule has 0 radical (unpaired) electrons. The maximum atomic E-state index is 12.4. The minimum absolute atomic E-state index is 0. The number of amides is 2. The predicted molar refractivity (Wildman–Crippen MR) is 77.8 cm³/mol. The van der Waals surface area contributed by atoms with Gasteiger partial charge < -0.3 is 21.7 Å². The monoisotopic (exact) mass is 356 g/mol. The minimum atomic E-state index is -4.55. The van der Waals surface area contributed by atoms with Gasteiger partial charge in [-0.1, -0.05) is 0 Å². The quantitative estimate of drug-likeness (QED) is 0.489. The Labute approximate surface area is 135 Å². The van der Waals surface area contributed by atoms with Crippen molar-refractivity contribution in [3.8, 4) is 0 Å². The summed E-state index contributed by atoms with van der Waals surface area (Å²) in [6.07, 6.45) is -3.56. The molecule has 1 rings (SSSR count). The number of halogens is 4. The summed E-state index contributed by atoms with van der Waals surface area (Å²) < 4.78 is 37.3. The van der Waals surface area contributed by atoms with E-state index in [4.69, 9.17) is 5.73 Å². The fourth-order valence-corrected chi connectivity index (χ4v) is 1.29. The molecule has 130 valence electrons. The largest absolute Gasteiger partial charge is 0.433 e. The van der Waals surface area contributed by atoms with Gasteiger partial charge >= 0.3 is 6.18 Å². The van der Waals surface area contributed by atoms with Gasteiger partial charge in [-0.05, 0) is 6.07 Å². The number of nitrogens with two attached hydrogens (primary N) is 1. The molecule has 12 heteroatoms. The normalized spacial score (nSPS) is 10.4. The second-order valence-corrected chi connectivity index (χ2v) is 4.02. The van der Waals surface area contributed by atoms with Crippen LogP contribution in [0.3, 0.4) is 0 Å². The zero-order valence-corrected chi connectivity index (χ0v) is 12.6. The highest BCUT2D eigenvalue weighted by Gasteiger charge is 2.32. The lowest BCUT2D eigenvalue weighted by molar-refractivity contribution is -0.141. The van der Waals surface area contributed by atoms with Crippen LogP contribution in [0.4, 0.5) is 19.1 Å². The molecule has 0 aliphatic rings. The molecule has 5 N–H and O–H groups in total. The predicted octanol–water partition coefficient (Wildman–Crippen LogP) is -0.480. The molecule has 1 aromatic rings. The number of hydrogen-bond donors (Lipinski definition) is 4. The molecule has 0 spiro atoms. The van der Waals surface area contributed by atoms with Crippen molar-refractivity contribution in [2.24, 2.45) is 5.73 Å². The van der Waals surface area contributed by atoms with Gasteiger partial charge in [-0.25, -0.2) is 9.97 Å². The second-order valence-electron chi connectivity index (χ2n) is 4.02. The van der Waals surface area contributed by atoms with Crippen LogP contribution in [0.5, 0.6) is 0 Å². The summed E-state index contributed by atoms with van der Waals surface area (Å²) in [5, 5.41) is 7.26. The van der Waals surface area contributed by atoms with E-state index in [9.17, 15) is 22.8 Å². The lowest BCUT2D eigenvalue weighted by Crippen LogP contribution is -2.40. The van der Waals surface area contributed by atoms with Gasteiger partial charge in [0.2, 0.25) is 17.8 Å². The van der Waals surface area contributed by atoms with Gasteiger partial charge in [-0.15, -0.1) is 12.4 Å². The van der Waals surface area contributed by atoms with Crippen molar-refractivity contribution in [2.75, 3.05) is 31.5 Å². The average molecular weight is 357 g/mol. The molecule has 0 unspecified atom stereocenters. The topological polar surface area (TPSA) is 122 Å². The summed E-state index contributed by atoms with van der Waals surface area (Å²) in [6.45, 7) is -0.202. The van der Waals surface area contributed by atoms with Crippen LogP contribution in [0.2, 0.25) is 0 Å². The highest BCUT2D eigenvalue weighted by atomic mass is 35.5. The molecule has 0 fully saturated rings. The van der Waals surface area contributed by atoms with E-state index in [0.717, 1.165) is 12.3 Å². The first-order chi connectivity index (χ1) is 10.3. The third-order valence-electron chi connectivity index (χ3n) is 2.31. The van der Waals surface area contributed by atoms with Gasteiger partial charge in [0.25, 0.3) is 0 Å². The van der Waals surface area contributed by atoms with E-state index < -0.39 is 23.7 Å². The fraction of sp³-hybridized carbons (Fsp3) is 0.455. The molecule has 2 amide bonds. The van der Waals surface area contributed by atoms with Crippen molar-refractivity contribution in [1.29, 1.82) is 0 Å². The van der Waals surface area contributed by atoms with Gasteiger partial charge in [0.05, 0.1) is 13.1 Å². The van der Waals surface area contributed by atoms with E-state index in [-0.39, 0.29) is 44.5 Å². The molecule has 8 nitrogen and oxygen atoms in total. The summed E-state index contributed by atoms with van der Waals surface area (Å²) in [5.41, 5.74) is 3.98. The van der Waals surface area contributed by atoms with Crippen molar-refractivity contribution >= 4 is 30.2 Å². The Kier molecular flexibility index (Phi) is 8.88. The van der Waals surface area contributed by atoms with Gasteiger partial charge in [0.15, 0.2) is 0 Å². The lowest BCUT2D eigenvalue weighted by Gasteiger charge is -2.09. The smallest absolute Gasteiger partial charge is 0.353 e. The summed E-state index contributed by atoms with van der Waals surface area (Å²) in [5.74, 6) is -1.11. The number of anilines is 1. The number of alkyl halides is 3. The number of aromatic nitrogens is 2. The van der Waals surface area contributed by atoms with Crippen LogP contribution in [-0.4, -0.2) is 48.0 Å². The van der Waals surface area contributed by atoms with Crippen LogP contribution in [0.1, 0.15) is 5.69 Å². The first kappa shape index (κ1) is 20.9. The Hall–Kier alpha value is -2.14. The van der Waals surface area contributed by atoms with Crippen molar-refractivity contribution in [3.63, 3.8) is 0 Å². The van der Waals surface area contributed by atoms with Gasteiger partial charge in [-0.2, -0.15) is 13.2 Å². The summed E-state index contributed by atoms with van der Waals surface area (Å²) in [4.78, 5) is 29.0. The van der Waals surface area contributed by atoms with E-state index in [0.29, 0.717) is 0 Å². The number of rotatable bonds is 7. The molecule has 0 atom stereocenters. The van der Waals surface area contributed by atoms with Crippen LogP contribution in [-0.2, 0) is 15.8 Å². The van der Waals surface area contributed by atoms with Crippen LogP contribution >= 0.6 is 12.4 Å². The van der Waals surface area contributed by atoms with Crippen molar-refractivity contribution in [3.05, 3.63) is 18.0 Å². The number of carbonyl (C=O) groups is 2. The molecule has 23 heavy (non-hydrogen) atoms. The molecule has 0 aliphatic carbocycles. The fourth-order valence-electron chi connectivity index (χ4n) is 1.29. The van der Waals surface area contributed by atoms with Crippen LogP contribution in [0.25, 0.3) is 0 Å². The van der Waals surface area contributed by atoms with Crippen molar-refractivity contribution in [2.45, 2.75) is 6.18 Å². The summed E-state index contributed by atoms with van der Waals surface area (Å²) in [7, 11) is 0. The van der Waals surface area contributed by atoms with Crippen LogP contribution in [0, 0.1) is 0 Å². The Morgan fingerprint density at radius 2 is 1.87 bits per heavy atom. The molecular weight excluding hydrogens is 341 g/mol. The second kappa shape index (κ2) is 9.79. The van der Waals surface area contributed by atoms with E-state index >= 15 is 0 Å². The third-order valence-corrected chi connectivity index (χ3v) is 2.31. The number of carbonyl (C=O) groups excluding carboxylic acids is 2. The van der Waals surface area contributed by atoms with E-state index in [2.05, 4.69) is 25.9 Å². The lowest BCUT2D eigenvalue weighted by atomic mass is 10.4. The Bertz CT molecular complexity index is 529. The van der Waals surface area contributed by atoms with E-state index in [1.54, 1.807) is 0 Å². The van der Waals surface area contributed by atoms with E-state index in [1.807, 2.05) is 0 Å². The number of hydrogen-bond acceptors (Lipinski definition) is 6. The van der Waals surface area contributed by atoms with Gasteiger partial charge in [0.1, 0.15) is 5.69 Å². The van der Waals surface area contributed by atoms with Gasteiger partial charge in [0, 0.05) is 19.3 Å². The van der Waals surface area contributed by atoms with Crippen LogP contribution in [0.15, 0.2) is 12.3 Å². The summed E-state index contributed by atoms with van der Waals surface area (Å²) >= 11 is 0. The Morgan fingerprint density at radius 3 is 2.48 bits per heavy atom. The molecule has 0 saturated heterocycles. The zero-order valence-electron chi connectivity index (χ0n) is 11.8. The molecule has 0 aliphatic heterocycles. The Morgan fingerprint density at radius 1 is 1.17 bits per heavy atom. The van der Waals surface area contributed by atoms with Gasteiger partial charge in [-0.3, -0.25) is 9.59 Å². The standard InChI is InChI=1S/C11H15F3N6O2.ClH/c12-11(13,14)7-1-2-17-10(20-7)18-4-3-16-9(22)6-19-8(21)5-15;/h1-2H,3-6,15H2,(H,16,22)(H,19,21)(H,17,18,20);1H. The molecular formula is C11H16ClF3N6O2. The van der Waals surface area contributed by atoms with Crippen LogP contribution < -0.4 is 21.7 Å². The first-order valence-electron chi connectivity index (χ1n) is 6.20. The zero-order chi connectivity index (χ0) is 16.6. The molecule has 0 aromatic carbocycles. The molecule has 1 aromatic heterocycles. The van der Waals surface area contributed by atoms with Crippen molar-refractivity contribution in [1.82, 2.24) is 20.6 Å². The number of nitrogens with one attached hydrogen (secondary N) is 3. The highest BCUT2D eigenvalue weighted by molar-refractivity contribution is 5.85. The SMILES string of the molecule is Cl.NCC(=O)NCC(=O)NCCNc1nccc(C(F)(F)F)n1. The number of nitrogens with zero attached hydrogens (tertiary/aromatic N) is 2. The molecule has 0 bridgehead atoms.